The Morgan fingerprint density at radius 1 is 1.19 bits per heavy atom. The van der Waals surface area contributed by atoms with E-state index in [1.807, 2.05) is 12.3 Å². The first-order valence-corrected chi connectivity index (χ1v) is 9.71. The van der Waals surface area contributed by atoms with Gasteiger partial charge < -0.3 is 20.0 Å². The number of pyridine rings is 1. The van der Waals surface area contributed by atoms with Crippen LogP contribution < -0.4 is 10.2 Å². The third kappa shape index (κ3) is 5.70. The highest BCUT2D eigenvalue weighted by Crippen LogP contribution is 2.16. The monoisotopic (exact) mass is 472 g/mol. The Hall–Kier alpha value is -1.09. The van der Waals surface area contributed by atoms with Crippen LogP contribution in [0.2, 0.25) is 0 Å². The van der Waals surface area contributed by atoms with E-state index in [2.05, 4.69) is 51.0 Å². The van der Waals surface area contributed by atoms with Gasteiger partial charge in [-0.2, -0.15) is 0 Å². The van der Waals surface area contributed by atoms with E-state index in [-0.39, 0.29) is 24.0 Å². The summed E-state index contributed by atoms with van der Waals surface area (Å²) < 4.78 is 0. The molecular formula is C19H33IN6. The van der Waals surface area contributed by atoms with Crippen molar-refractivity contribution in [2.24, 2.45) is 10.9 Å². The number of likely N-dealkylation sites (tertiary alicyclic amines) is 1. The van der Waals surface area contributed by atoms with Crippen LogP contribution in [0.1, 0.15) is 20.3 Å². The molecule has 2 fully saturated rings. The van der Waals surface area contributed by atoms with Crippen LogP contribution in [0.3, 0.4) is 0 Å². The Morgan fingerprint density at radius 2 is 2.00 bits per heavy atom. The van der Waals surface area contributed by atoms with Gasteiger partial charge in [0.2, 0.25) is 0 Å². The topological polar surface area (TPSA) is 47.0 Å². The second kappa shape index (κ2) is 10.9. The Morgan fingerprint density at radius 3 is 2.62 bits per heavy atom. The maximum Gasteiger partial charge on any atom is 0.194 e. The van der Waals surface area contributed by atoms with Gasteiger partial charge in [0, 0.05) is 52.0 Å². The normalized spacial score (nSPS) is 21.6. The summed E-state index contributed by atoms with van der Waals surface area (Å²) in [6, 6.07) is 6.12. The fraction of sp³-hybridized carbons (Fsp3) is 0.684. The van der Waals surface area contributed by atoms with Gasteiger partial charge in [0.1, 0.15) is 5.82 Å². The van der Waals surface area contributed by atoms with Gasteiger partial charge in [0.15, 0.2) is 5.96 Å². The molecule has 26 heavy (non-hydrogen) atoms. The van der Waals surface area contributed by atoms with E-state index in [4.69, 9.17) is 4.99 Å². The van der Waals surface area contributed by atoms with Crippen LogP contribution in [0, 0.1) is 5.92 Å². The molecule has 1 N–H and O–H groups in total. The molecule has 146 valence electrons. The number of hydrogen-bond donors (Lipinski definition) is 1. The molecule has 0 saturated carbocycles. The van der Waals surface area contributed by atoms with Gasteiger partial charge in [0.05, 0.1) is 0 Å². The number of halogens is 1. The molecule has 2 saturated heterocycles. The fourth-order valence-corrected chi connectivity index (χ4v) is 3.68. The van der Waals surface area contributed by atoms with Crippen molar-refractivity contribution >= 4 is 35.8 Å². The molecule has 6 nitrogen and oxygen atoms in total. The molecule has 3 rings (SSSR count). The minimum Gasteiger partial charge on any atom is -0.357 e. The molecule has 2 aliphatic rings. The van der Waals surface area contributed by atoms with Crippen LogP contribution in [-0.2, 0) is 0 Å². The average molecular weight is 472 g/mol. The van der Waals surface area contributed by atoms with Crippen molar-refractivity contribution in [1.29, 1.82) is 0 Å². The lowest BCUT2D eigenvalue weighted by atomic mass is 10.1. The molecule has 7 heteroatoms. The molecule has 2 aliphatic heterocycles. The fourth-order valence-electron chi connectivity index (χ4n) is 3.68. The van der Waals surface area contributed by atoms with Gasteiger partial charge in [0.25, 0.3) is 0 Å². The maximum absolute atomic E-state index is 4.96. The zero-order valence-electron chi connectivity index (χ0n) is 16.1. The summed E-state index contributed by atoms with van der Waals surface area (Å²) >= 11 is 0. The van der Waals surface area contributed by atoms with E-state index in [9.17, 15) is 0 Å². The lowest BCUT2D eigenvalue weighted by Gasteiger charge is -2.37. The molecule has 1 unspecified atom stereocenters. The first kappa shape index (κ1) is 21.2. The van der Waals surface area contributed by atoms with Crippen molar-refractivity contribution in [2.45, 2.75) is 20.3 Å². The van der Waals surface area contributed by atoms with Crippen LogP contribution in [0.4, 0.5) is 5.82 Å². The van der Waals surface area contributed by atoms with Crippen LogP contribution in [-0.4, -0.2) is 79.6 Å². The van der Waals surface area contributed by atoms with E-state index in [1.165, 1.54) is 19.5 Å². The van der Waals surface area contributed by atoms with Crippen molar-refractivity contribution in [3.8, 4) is 0 Å². The molecule has 0 aliphatic carbocycles. The first-order valence-electron chi connectivity index (χ1n) is 9.71. The van der Waals surface area contributed by atoms with Gasteiger partial charge in [-0.1, -0.05) is 13.0 Å². The summed E-state index contributed by atoms with van der Waals surface area (Å²) in [6.07, 6.45) is 3.15. The van der Waals surface area contributed by atoms with E-state index in [1.54, 1.807) is 0 Å². The lowest BCUT2D eigenvalue weighted by molar-refractivity contribution is 0.342. The summed E-state index contributed by atoms with van der Waals surface area (Å²) in [5.41, 5.74) is 0. The van der Waals surface area contributed by atoms with Gasteiger partial charge in [-0.15, -0.1) is 24.0 Å². The second-order valence-corrected chi connectivity index (χ2v) is 6.90. The van der Waals surface area contributed by atoms with Crippen LogP contribution >= 0.6 is 24.0 Å². The number of aromatic nitrogens is 1. The predicted molar refractivity (Wildman–Crippen MR) is 120 cm³/mol. The Bertz CT molecular complexity index is 544. The minimum absolute atomic E-state index is 0. The van der Waals surface area contributed by atoms with E-state index in [0.29, 0.717) is 5.92 Å². The SMILES string of the molecule is CCNC(=NCC1CCN(CC)C1)N1CCN(c2ccccn2)CC1.I. The summed E-state index contributed by atoms with van der Waals surface area (Å²) in [5.74, 6) is 2.87. The number of nitrogens with one attached hydrogen (secondary N) is 1. The van der Waals surface area contributed by atoms with E-state index >= 15 is 0 Å². The van der Waals surface area contributed by atoms with Crippen molar-refractivity contribution in [2.75, 3.05) is 63.8 Å². The minimum atomic E-state index is 0. The molecule has 0 spiro atoms. The second-order valence-electron chi connectivity index (χ2n) is 6.90. The third-order valence-corrected chi connectivity index (χ3v) is 5.20. The van der Waals surface area contributed by atoms with Crippen molar-refractivity contribution in [3.05, 3.63) is 24.4 Å². The quantitative estimate of drug-likeness (QED) is 0.404. The van der Waals surface area contributed by atoms with Crippen LogP contribution in [0.5, 0.6) is 0 Å². The predicted octanol–water partition coefficient (Wildman–Crippen LogP) is 2.13. The molecule has 1 aromatic rings. The number of aliphatic imine (C=N–C) groups is 1. The molecule has 3 heterocycles. The number of guanidine groups is 1. The van der Waals surface area contributed by atoms with Crippen molar-refractivity contribution in [3.63, 3.8) is 0 Å². The zero-order chi connectivity index (χ0) is 17.5. The summed E-state index contributed by atoms with van der Waals surface area (Å²) in [5, 5.41) is 3.48. The van der Waals surface area contributed by atoms with Crippen molar-refractivity contribution < 1.29 is 0 Å². The molecule has 1 atom stereocenters. The highest BCUT2D eigenvalue weighted by Gasteiger charge is 2.23. The highest BCUT2D eigenvalue weighted by atomic mass is 127. The number of rotatable bonds is 5. The summed E-state index contributed by atoms with van der Waals surface area (Å²) in [6.45, 7) is 13.8. The smallest absolute Gasteiger partial charge is 0.194 e. The first-order chi connectivity index (χ1) is 12.3. The molecule has 0 aromatic carbocycles. The number of nitrogens with zero attached hydrogens (tertiary/aromatic N) is 5. The number of anilines is 1. The van der Waals surface area contributed by atoms with Crippen LogP contribution in [0.15, 0.2) is 29.4 Å². The van der Waals surface area contributed by atoms with Gasteiger partial charge in [-0.05, 0) is 44.5 Å². The summed E-state index contributed by atoms with van der Waals surface area (Å²) in [7, 11) is 0. The Kier molecular flexibility index (Phi) is 8.90. The van der Waals surface area contributed by atoms with Gasteiger partial charge in [-0.25, -0.2) is 4.98 Å². The van der Waals surface area contributed by atoms with Crippen LogP contribution in [0.25, 0.3) is 0 Å². The zero-order valence-corrected chi connectivity index (χ0v) is 18.4. The molecule has 0 radical (unpaired) electrons. The highest BCUT2D eigenvalue weighted by molar-refractivity contribution is 14.0. The van der Waals surface area contributed by atoms with E-state index in [0.717, 1.165) is 57.6 Å². The maximum atomic E-state index is 4.96. The van der Waals surface area contributed by atoms with Gasteiger partial charge >= 0.3 is 0 Å². The average Bonchev–Trinajstić information content (AvgIpc) is 3.14. The molecule has 1 aromatic heterocycles. The van der Waals surface area contributed by atoms with E-state index < -0.39 is 0 Å². The third-order valence-electron chi connectivity index (χ3n) is 5.20. The van der Waals surface area contributed by atoms with Crippen molar-refractivity contribution in [1.82, 2.24) is 20.1 Å². The standard InChI is InChI=1S/C19H32N6.HI/c1-3-20-19(22-15-17-8-10-23(4-2)16-17)25-13-11-24(12-14-25)18-7-5-6-9-21-18;/h5-7,9,17H,3-4,8,10-16H2,1-2H3,(H,20,22);1H. The Labute approximate surface area is 175 Å². The number of piperazine rings is 1. The molecular weight excluding hydrogens is 439 g/mol. The van der Waals surface area contributed by atoms with Gasteiger partial charge in [-0.3, -0.25) is 4.99 Å². The largest absolute Gasteiger partial charge is 0.357 e. The number of hydrogen-bond acceptors (Lipinski definition) is 4. The molecule has 0 bridgehead atoms. The lowest BCUT2D eigenvalue weighted by Crippen LogP contribution is -2.52. The molecule has 0 amide bonds. The Balaban J connectivity index is 0.00000243. The summed E-state index contributed by atoms with van der Waals surface area (Å²) in [4.78, 5) is 16.7.